The first-order valence-electron chi connectivity index (χ1n) is 6.72. The lowest BCUT2D eigenvalue weighted by Gasteiger charge is -2.14. The molecule has 0 radical (unpaired) electrons. The van der Waals surface area contributed by atoms with Crippen LogP contribution in [0.1, 0.15) is 11.1 Å². The number of aromatic nitrogens is 1. The molecule has 2 rings (SSSR count). The average Bonchev–Trinajstić information content (AvgIpc) is 2.51. The molecule has 0 saturated carbocycles. The first kappa shape index (κ1) is 19.6. The van der Waals surface area contributed by atoms with Gasteiger partial charge in [0.15, 0.2) is 0 Å². The van der Waals surface area contributed by atoms with E-state index < -0.39 is 34.8 Å². The number of halogens is 6. The predicted molar refractivity (Wildman–Crippen MR) is 90.5 cm³/mol. The number of pyridine rings is 1. The maximum Gasteiger partial charge on any atom is 0.417 e. The Kier molecular flexibility index (Phi) is 5.71. The van der Waals surface area contributed by atoms with Crippen LogP contribution in [-0.4, -0.2) is 10.5 Å². The van der Waals surface area contributed by atoms with E-state index in [1.54, 1.807) is 13.0 Å². The molecule has 0 aliphatic rings. The third-order valence-electron chi connectivity index (χ3n) is 3.23. The van der Waals surface area contributed by atoms with Gasteiger partial charge in [-0.25, -0.2) is 0 Å². The van der Waals surface area contributed by atoms with Gasteiger partial charge >= 0.3 is 6.18 Å². The summed E-state index contributed by atoms with van der Waals surface area (Å²) in [6.45, 7) is 0.995. The lowest BCUT2D eigenvalue weighted by molar-refractivity contribution is -0.138. The van der Waals surface area contributed by atoms with Crippen molar-refractivity contribution >= 4 is 46.4 Å². The molecule has 1 aromatic heterocycles. The summed E-state index contributed by atoms with van der Waals surface area (Å²) in [5, 5.41) is 2.08. The Labute approximate surface area is 155 Å². The Morgan fingerprint density at radius 2 is 1.84 bits per heavy atom. The molecule has 1 N–H and O–H groups in total. The largest absolute Gasteiger partial charge is 0.417 e. The van der Waals surface area contributed by atoms with Crippen molar-refractivity contribution in [1.82, 2.24) is 4.57 Å². The highest BCUT2D eigenvalue weighted by atomic mass is 35.5. The first-order chi connectivity index (χ1) is 11.5. The van der Waals surface area contributed by atoms with Crippen LogP contribution >= 0.6 is 34.8 Å². The van der Waals surface area contributed by atoms with Gasteiger partial charge in [-0.2, -0.15) is 13.2 Å². The zero-order chi connectivity index (χ0) is 18.9. The summed E-state index contributed by atoms with van der Waals surface area (Å²) in [4.78, 5) is 24.0. The average molecular weight is 414 g/mol. The zero-order valence-electron chi connectivity index (χ0n) is 12.5. The summed E-state index contributed by atoms with van der Waals surface area (Å²) in [6.07, 6.45) is -4.19. The van der Waals surface area contributed by atoms with Crippen molar-refractivity contribution in [3.63, 3.8) is 0 Å². The Morgan fingerprint density at radius 3 is 2.44 bits per heavy atom. The van der Waals surface area contributed by atoms with E-state index in [9.17, 15) is 22.8 Å². The van der Waals surface area contributed by atoms with Crippen molar-refractivity contribution in [3.8, 4) is 0 Å². The summed E-state index contributed by atoms with van der Waals surface area (Å²) in [5.74, 6) is -0.785. The van der Waals surface area contributed by atoms with Crippen molar-refractivity contribution in [2.24, 2.45) is 0 Å². The molecule has 2 aromatic rings. The molecule has 0 atom stereocenters. The molecule has 0 aliphatic carbocycles. The Bertz CT molecular complexity index is 895. The van der Waals surface area contributed by atoms with Gasteiger partial charge in [-0.1, -0.05) is 40.9 Å². The minimum atomic E-state index is -4.71. The van der Waals surface area contributed by atoms with E-state index in [1.807, 2.05) is 0 Å². The van der Waals surface area contributed by atoms with Crippen molar-refractivity contribution in [1.29, 1.82) is 0 Å². The van der Waals surface area contributed by atoms with E-state index in [-0.39, 0.29) is 15.7 Å². The standard InChI is InChI=1S/C15H10Cl3F3N2O2/c1-7-2-3-9(16)13(12(7)18)22-11(24)6-23-5-8(15(19,20)21)4-10(17)14(23)25/h2-5H,6H2,1H3,(H,22,24). The van der Waals surface area contributed by atoms with Gasteiger partial charge in [-0.15, -0.1) is 0 Å². The number of alkyl halides is 3. The van der Waals surface area contributed by atoms with Gasteiger partial charge in [-0.05, 0) is 24.6 Å². The summed E-state index contributed by atoms with van der Waals surface area (Å²) in [6, 6.07) is 3.65. The van der Waals surface area contributed by atoms with Crippen LogP contribution in [0.2, 0.25) is 15.1 Å². The molecular weight excluding hydrogens is 404 g/mol. The number of hydrogen-bond acceptors (Lipinski definition) is 2. The SMILES string of the molecule is Cc1ccc(Cl)c(NC(=O)Cn2cc(C(F)(F)F)cc(Cl)c2=O)c1Cl. The molecule has 0 saturated heterocycles. The molecule has 134 valence electrons. The summed E-state index contributed by atoms with van der Waals surface area (Å²) < 4.78 is 39.0. The minimum absolute atomic E-state index is 0.111. The van der Waals surface area contributed by atoms with Gasteiger partial charge in [0, 0.05) is 6.20 Å². The molecule has 0 unspecified atom stereocenters. The molecule has 0 aliphatic heterocycles. The summed E-state index contributed by atoms with van der Waals surface area (Å²) in [5.41, 5.74) is -1.32. The van der Waals surface area contributed by atoms with Gasteiger partial charge in [0.25, 0.3) is 5.56 Å². The molecule has 1 aromatic carbocycles. The number of carbonyl (C=O) groups is 1. The monoisotopic (exact) mass is 412 g/mol. The zero-order valence-corrected chi connectivity index (χ0v) is 14.8. The second-order valence-corrected chi connectivity index (χ2v) is 6.30. The normalized spacial score (nSPS) is 11.5. The molecule has 4 nitrogen and oxygen atoms in total. The third kappa shape index (κ3) is 4.48. The molecule has 1 heterocycles. The minimum Gasteiger partial charge on any atom is -0.322 e. The van der Waals surface area contributed by atoms with Crippen LogP contribution in [0.5, 0.6) is 0 Å². The number of nitrogens with zero attached hydrogens (tertiary/aromatic N) is 1. The summed E-state index contributed by atoms with van der Waals surface area (Å²) >= 11 is 17.5. The van der Waals surface area contributed by atoms with Crippen molar-refractivity contribution in [3.05, 3.63) is 60.9 Å². The van der Waals surface area contributed by atoms with Crippen LogP contribution in [0.25, 0.3) is 0 Å². The topological polar surface area (TPSA) is 51.1 Å². The van der Waals surface area contributed by atoms with Crippen LogP contribution in [-0.2, 0) is 17.5 Å². The van der Waals surface area contributed by atoms with E-state index in [1.165, 1.54) is 6.07 Å². The molecule has 25 heavy (non-hydrogen) atoms. The third-order valence-corrected chi connectivity index (χ3v) is 4.31. The van der Waals surface area contributed by atoms with Gasteiger partial charge in [0.05, 0.1) is 21.3 Å². The van der Waals surface area contributed by atoms with Gasteiger partial charge in [0.1, 0.15) is 11.6 Å². The van der Waals surface area contributed by atoms with E-state index in [0.717, 1.165) is 0 Å². The van der Waals surface area contributed by atoms with Crippen LogP contribution < -0.4 is 10.9 Å². The lowest BCUT2D eigenvalue weighted by Crippen LogP contribution is -2.29. The highest BCUT2D eigenvalue weighted by molar-refractivity contribution is 6.40. The fourth-order valence-electron chi connectivity index (χ4n) is 1.98. The van der Waals surface area contributed by atoms with Gasteiger partial charge < -0.3 is 9.88 Å². The highest BCUT2D eigenvalue weighted by Crippen LogP contribution is 2.33. The van der Waals surface area contributed by atoms with E-state index in [4.69, 9.17) is 34.8 Å². The van der Waals surface area contributed by atoms with Crippen LogP contribution in [0.15, 0.2) is 29.2 Å². The Hall–Kier alpha value is -1.70. The van der Waals surface area contributed by atoms with Gasteiger partial charge in [-0.3, -0.25) is 9.59 Å². The van der Waals surface area contributed by atoms with Crippen LogP contribution in [0.3, 0.4) is 0 Å². The maximum atomic E-state index is 12.8. The molecule has 0 spiro atoms. The second kappa shape index (κ2) is 7.27. The fraction of sp³-hybridized carbons (Fsp3) is 0.200. The number of aryl methyl sites for hydroxylation is 1. The van der Waals surface area contributed by atoms with Crippen molar-refractivity contribution in [2.75, 3.05) is 5.32 Å². The molecule has 0 fully saturated rings. The number of anilines is 1. The van der Waals surface area contributed by atoms with E-state index in [2.05, 4.69) is 5.32 Å². The number of rotatable bonds is 3. The molecule has 1 amide bonds. The number of benzene rings is 1. The van der Waals surface area contributed by atoms with Crippen molar-refractivity contribution in [2.45, 2.75) is 19.6 Å². The van der Waals surface area contributed by atoms with Crippen LogP contribution in [0, 0.1) is 6.92 Å². The molecular formula is C15H10Cl3F3N2O2. The van der Waals surface area contributed by atoms with Gasteiger partial charge in [0.2, 0.25) is 5.91 Å². The highest BCUT2D eigenvalue weighted by Gasteiger charge is 2.32. The number of hydrogen-bond donors (Lipinski definition) is 1. The second-order valence-electron chi connectivity index (χ2n) is 5.11. The predicted octanol–water partition coefficient (Wildman–Crippen LogP) is 4.77. The van der Waals surface area contributed by atoms with E-state index in [0.29, 0.717) is 22.4 Å². The van der Waals surface area contributed by atoms with Crippen LogP contribution in [0.4, 0.5) is 18.9 Å². The number of carbonyl (C=O) groups excluding carboxylic acids is 1. The quantitative estimate of drug-likeness (QED) is 0.788. The molecule has 0 bridgehead atoms. The Balaban J connectivity index is 2.32. The summed E-state index contributed by atoms with van der Waals surface area (Å²) in [7, 11) is 0. The first-order valence-corrected chi connectivity index (χ1v) is 7.85. The number of amides is 1. The number of nitrogens with one attached hydrogen (secondary N) is 1. The van der Waals surface area contributed by atoms with Crippen molar-refractivity contribution < 1.29 is 18.0 Å². The fourth-order valence-corrected chi connectivity index (χ4v) is 2.67. The smallest absolute Gasteiger partial charge is 0.322 e. The lowest BCUT2D eigenvalue weighted by atomic mass is 10.2. The molecule has 10 heteroatoms. The van der Waals surface area contributed by atoms with E-state index >= 15 is 0 Å². The Morgan fingerprint density at radius 1 is 1.20 bits per heavy atom. The maximum absolute atomic E-state index is 12.8.